The van der Waals surface area contributed by atoms with Gasteiger partial charge in [0.05, 0.1) is 23.4 Å². The molecule has 3 aromatic rings. The Morgan fingerprint density at radius 2 is 1.81 bits per heavy atom. The summed E-state index contributed by atoms with van der Waals surface area (Å²) in [5, 5.41) is 5.93. The third kappa shape index (κ3) is 4.35. The number of hydrogen-bond donors (Lipinski definition) is 2. The average Bonchev–Trinajstić information content (AvgIpc) is 3.02. The maximum absolute atomic E-state index is 12.4. The van der Waals surface area contributed by atoms with Crippen LogP contribution in [-0.4, -0.2) is 23.8 Å². The molecule has 2 N–H and O–H groups in total. The van der Waals surface area contributed by atoms with Crippen LogP contribution in [0.15, 0.2) is 52.9 Å². The maximum Gasteiger partial charge on any atom is 0.253 e. The Labute approximate surface area is 161 Å². The van der Waals surface area contributed by atoms with Gasteiger partial charge in [-0.3, -0.25) is 9.59 Å². The molecule has 0 aliphatic carbocycles. The van der Waals surface area contributed by atoms with Crippen molar-refractivity contribution in [2.45, 2.75) is 13.3 Å². The summed E-state index contributed by atoms with van der Waals surface area (Å²) in [6, 6.07) is 13.9. The van der Waals surface area contributed by atoms with Crippen molar-refractivity contribution in [2.75, 3.05) is 12.4 Å². The highest BCUT2D eigenvalue weighted by atomic mass is 35.5. The first-order valence-corrected chi connectivity index (χ1v) is 8.69. The molecule has 1 aromatic heterocycles. The van der Waals surface area contributed by atoms with Gasteiger partial charge in [-0.25, -0.2) is 4.98 Å². The summed E-state index contributed by atoms with van der Waals surface area (Å²) in [6.45, 7) is 1.76. The highest BCUT2D eigenvalue weighted by Gasteiger charge is 2.17. The summed E-state index contributed by atoms with van der Waals surface area (Å²) < 4.78 is 5.67. The number of carbonyl (C=O) groups excluding carboxylic acids is 2. The van der Waals surface area contributed by atoms with Gasteiger partial charge < -0.3 is 15.1 Å². The summed E-state index contributed by atoms with van der Waals surface area (Å²) in [5.74, 6) is 0.436. The molecule has 0 radical (unpaired) electrons. The van der Waals surface area contributed by atoms with Crippen LogP contribution in [0.25, 0.3) is 11.5 Å². The monoisotopic (exact) mass is 383 g/mol. The lowest BCUT2D eigenvalue weighted by molar-refractivity contribution is -0.115. The Kier molecular flexibility index (Phi) is 5.57. The second kappa shape index (κ2) is 8.05. The highest BCUT2D eigenvalue weighted by molar-refractivity contribution is 6.30. The van der Waals surface area contributed by atoms with Gasteiger partial charge in [-0.05, 0) is 43.3 Å². The van der Waals surface area contributed by atoms with E-state index >= 15 is 0 Å². The standard InChI is InChI=1S/C20H18ClN3O3/c1-12-17(24-20(27-12)13-7-9-14(21)10-8-13)11-18(25)23-16-6-4-3-5-15(16)19(26)22-2/h3-10H,11H2,1-2H3,(H,22,26)(H,23,25). The third-order valence-corrected chi connectivity index (χ3v) is 4.24. The summed E-state index contributed by atoms with van der Waals surface area (Å²) in [4.78, 5) is 28.8. The lowest BCUT2D eigenvalue weighted by Gasteiger charge is -2.09. The van der Waals surface area contributed by atoms with Crippen LogP contribution in [0.5, 0.6) is 0 Å². The number of aromatic nitrogens is 1. The molecule has 138 valence electrons. The van der Waals surface area contributed by atoms with Gasteiger partial charge >= 0.3 is 0 Å². The number of nitrogens with one attached hydrogen (secondary N) is 2. The molecule has 0 aliphatic heterocycles. The van der Waals surface area contributed by atoms with Crippen molar-refractivity contribution in [2.24, 2.45) is 0 Å². The highest BCUT2D eigenvalue weighted by Crippen LogP contribution is 2.24. The molecule has 7 heteroatoms. The number of oxazole rings is 1. The Bertz CT molecular complexity index is 980. The topological polar surface area (TPSA) is 84.2 Å². The van der Waals surface area contributed by atoms with Crippen LogP contribution in [0.4, 0.5) is 5.69 Å². The van der Waals surface area contributed by atoms with E-state index in [1.807, 2.05) is 0 Å². The van der Waals surface area contributed by atoms with Gasteiger partial charge in [-0.15, -0.1) is 0 Å². The molecule has 0 atom stereocenters. The quantitative estimate of drug-likeness (QED) is 0.701. The molecule has 0 fully saturated rings. The zero-order valence-corrected chi connectivity index (χ0v) is 15.6. The number of rotatable bonds is 5. The maximum atomic E-state index is 12.4. The molecule has 2 aromatic carbocycles. The Hall–Kier alpha value is -3.12. The first-order valence-electron chi connectivity index (χ1n) is 8.31. The van der Waals surface area contributed by atoms with Crippen molar-refractivity contribution in [3.05, 3.63) is 70.6 Å². The number of hydrogen-bond acceptors (Lipinski definition) is 4. The summed E-state index contributed by atoms with van der Waals surface area (Å²) in [7, 11) is 1.54. The van der Waals surface area contributed by atoms with Crippen LogP contribution in [0, 0.1) is 6.92 Å². The van der Waals surface area contributed by atoms with Crippen LogP contribution in [0.3, 0.4) is 0 Å². The molecule has 0 bridgehead atoms. The van der Waals surface area contributed by atoms with Crippen LogP contribution >= 0.6 is 11.6 Å². The zero-order chi connectivity index (χ0) is 19.4. The third-order valence-electron chi connectivity index (χ3n) is 3.98. The second-order valence-corrected chi connectivity index (χ2v) is 6.31. The molecular formula is C20H18ClN3O3. The fourth-order valence-electron chi connectivity index (χ4n) is 2.58. The SMILES string of the molecule is CNC(=O)c1ccccc1NC(=O)Cc1nc(-c2ccc(Cl)cc2)oc1C. The lowest BCUT2D eigenvalue weighted by atomic mass is 10.1. The van der Waals surface area contributed by atoms with Gasteiger partial charge in [0.2, 0.25) is 11.8 Å². The van der Waals surface area contributed by atoms with Gasteiger partial charge in [0.15, 0.2) is 0 Å². The molecule has 3 rings (SSSR count). The molecule has 0 aliphatic rings. The molecule has 0 saturated carbocycles. The van der Waals surface area contributed by atoms with E-state index in [4.69, 9.17) is 16.0 Å². The molecule has 1 heterocycles. The van der Waals surface area contributed by atoms with Gasteiger partial charge in [-0.2, -0.15) is 0 Å². The van der Waals surface area contributed by atoms with Crippen molar-refractivity contribution in [3.63, 3.8) is 0 Å². The van der Waals surface area contributed by atoms with E-state index in [1.54, 1.807) is 55.5 Å². The molecular weight excluding hydrogens is 366 g/mol. The number of nitrogens with zero attached hydrogens (tertiary/aromatic N) is 1. The number of halogens is 1. The normalized spacial score (nSPS) is 10.5. The summed E-state index contributed by atoms with van der Waals surface area (Å²) >= 11 is 5.89. The largest absolute Gasteiger partial charge is 0.441 e. The van der Waals surface area contributed by atoms with E-state index in [0.29, 0.717) is 33.6 Å². The van der Waals surface area contributed by atoms with Crippen LogP contribution in [-0.2, 0) is 11.2 Å². The predicted octanol–water partition coefficient (Wildman–Crippen LogP) is 3.84. The molecule has 0 unspecified atom stereocenters. The van der Waals surface area contributed by atoms with E-state index in [9.17, 15) is 9.59 Å². The van der Waals surface area contributed by atoms with Gasteiger partial charge in [0.1, 0.15) is 5.76 Å². The minimum atomic E-state index is -0.287. The van der Waals surface area contributed by atoms with Crippen molar-refractivity contribution >= 4 is 29.1 Å². The van der Waals surface area contributed by atoms with Crippen molar-refractivity contribution in [3.8, 4) is 11.5 Å². The molecule has 0 spiro atoms. The van der Waals surface area contributed by atoms with Crippen LogP contribution in [0.2, 0.25) is 5.02 Å². The van der Waals surface area contributed by atoms with E-state index in [0.717, 1.165) is 5.56 Å². The number of carbonyl (C=O) groups is 2. The number of amides is 2. The average molecular weight is 384 g/mol. The minimum Gasteiger partial charge on any atom is -0.441 e. The first-order chi connectivity index (χ1) is 13.0. The smallest absolute Gasteiger partial charge is 0.253 e. The minimum absolute atomic E-state index is 0.0327. The number of anilines is 1. The molecule has 0 saturated heterocycles. The Morgan fingerprint density at radius 3 is 2.52 bits per heavy atom. The van der Waals surface area contributed by atoms with Crippen molar-refractivity contribution in [1.82, 2.24) is 10.3 Å². The number of benzene rings is 2. The summed E-state index contributed by atoms with van der Waals surface area (Å²) in [5.41, 5.74) is 2.15. The zero-order valence-electron chi connectivity index (χ0n) is 14.9. The number of aryl methyl sites for hydroxylation is 1. The van der Waals surface area contributed by atoms with Crippen LogP contribution in [0.1, 0.15) is 21.8 Å². The van der Waals surface area contributed by atoms with E-state index in [1.165, 1.54) is 7.05 Å². The van der Waals surface area contributed by atoms with Gasteiger partial charge in [0, 0.05) is 17.6 Å². The Balaban J connectivity index is 1.76. The van der Waals surface area contributed by atoms with Gasteiger partial charge in [0.25, 0.3) is 5.91 Å². The van der Waals surface area contributed by atoms with Gasteiger partial charge in [-0.1, -0.05) is 23.7 Å². The molecule has 2 amide bonds. The van der Waals surface area contributed by atoms with Crippen molar-refractivity contribution in [1.29, 1.82) is 0 Å². The lowest BCUT2D eigenvalue weighted by Crippen LogP contribution is -2.22. The van der Waals surface area contributed by atoms with E-state index in [2.05, 4.69) is 15.6 Å². The van der Waals surface area contributed by atoms with E-state index in [-0.39, 0.29) is 18.2 Å². The second-order valence-electron chi connectivity index (χ2n) is 5.88. The van der Waals surface area contributed by atoms with Crippen molar-refractivity contribution < 1.29 is 14.0 Å². The Morgan fingerprint density at radius 1 is 1.11 bits per heavy atom. The first kappa shape index (κ1) is 18.7. The fraction of sp³-hybridized carbons (Fsp3) is 0.150. The van der Waals surface area contributed by atoms with E-state index < -0.39 is 0 Å². The summed E-state index contributed by atoms with van der Waals surface area (Å²) in [6.07, 6.45) is 0.0327. The number of para-hydroxylation sites is 1. The van der Waals surface area contributed by atoms with Crippen LogP contribution < -0.4 is 10.6 Å². The fourth-order valence-corrected chi connectivity index (χ4v) is 2.71. The molecule has 27 heavy (non-hydrogen) atoms. The molecule has 6 nitrogen and oxygen atoms in total. The predicted molar refractivity (Wildman–Crippen MR) is 104 cm³/mol.